The molecule has 0 aromatic carbocycles. The van der Waals surface area contributed by atoms with Gasteiger partial charge in [0.2, 0.25) is 0 Å². The Kier molecular flexibility index (Phi) is 4.58. The molecule has 1 saturated carbocycles. The number of hydrogen-bond donors (Lipinski definition) is 1. The van der Waals surface area contributed by atoms with Gasteiger partial charge < -0.3 is 10.1 Å². The third-order valence-electron chi connectivity index (χ3n) is 4.44. The number of nitrogens with one attached hydrogen (secondary N) is 1. The normalized spacial score (nSPS) is 29.2. The van der Waals surface area contributed by atoms with E-state index in [1.165, 1.54) is 24.0 Å². The topological polar surface area (TPSA) is 34.2 Å². The van der Waals surface area contributed by atoms with Crippen LogP contribution in [0.25, 0.3) is 0 Å². The van der Waals surface area contributed by atoms with E-state index in [1.807, 2.05) is 26.6 Å². The van der Waals surface area contributed by atoms with E-state index >= 15 is 0 Å². The van der Waals surface area contributed by atoms with Gasteiger partial charge in [-0.25, -0.2) is 0 Å². The van der Waals surface area contributed by atoms with Gasteiger partial charge in [-0.3, -0.25) is 4.98 Å². The number of likely N-dealkylation sites (N-methyl/N-ethyl adjacent to an activating group) is 1. The summed E-state index contributed by atoms with van der Waals surface area (Å²) in [6.45, 7) is 4.42. The van der Waals surface area contributed by atoms with E-state index in [2.05, 4.69) is 30.2 Å². The van der Waals surface area contributed by atoms with Gasteiger partial charge in [0, 0.05) is 19.5 Å². The Bertz CT molecular complexity index is 421. The number of methoxy groups -OCH3 is 1. The van der Waals surface area contributed by atoms with E-state index in [4.69, 9.17) is 4.74 Å². The molecule has 19 heavy (non-hydrogen) atoms. The van der Waals surface area contributed by atoms with Crippen molar-refractivity contribution in [2.45, 2.75) is 51.2 Å². The molecule has 3 unspecified atom stereocenters. The largest absolute Gasteiger partial charge is 0.376 e. The summed E-state index contributed by atoms with van der Waals surface area (Å²) in [7, 11) is 3.87. The van der Waals surface area contributed by atoms with Crippen molar-refractivity contribution in [3.8, 4) is 0 Å². The molecule has 0 bridgehead atoms. The molecule has 0 amide bonds. The van der Waals surface area contributed by atoms with E-state index < -0.39 is 0 Å². The lowest BCUT2D eigenvalue weighted by atomic mass is 9.73. The van der Waals surface area contributed by atoms with Crippen LogP contribution in [0.15, 0.2) is 18.5 Å². The molecule has 1 aromatic rings. The Morgan fingerprint density at radius 2 is 2.26 bits per heavy atom. The van der Waals surface area contributed by atoms with Crippen LogP contribution in [-0.4, -0.2) is 24.7 Å². The van der Waals surface area contributed by atoms with E-state index in [9.17, 15) is 0 Å². The zero-order chi connectivity index (χ0) is 13.9. The summed E-state index contributed by atoms with van der Waals surface area (Å²) < 4.78 is 6.01. The van der Waals surface area contributed by atoms with Crippen LogP contribution < -0.4 is 5.32 Å². The van der Waals surface area contributed by atoms with Crippen LogP contribution in [0.2, 0.25) is 0 Å². The second kappa shape index (κ2) is 6.02. The summed E-state index contributed by atoms with van der Waals surface area (Å²) in [4.78, 5) is 4.34. The molecule has 3 atom stereocenters. The quantitative estimate of drug-likeness (QED) is 0.904. The first-order valence-corrected chi connectivity index (χ1v) is 7.25. The van der Waals surface area contributed by atoms with Crippen molar-refractivity contribution in [3.63, 3.8) is 0 Å². The Morgan fingerprint density at radius 1 is 1.47 bits per heavy atom. The maximum Gasteiger partial charge on any atom is 0.0875 e. The molecule has 1 aromatic heterocycles. The minimum absolute atomic E-state index is 0.0953. The smallest absolute Gasteiger partial charge is 0.0875 e. The highest BCUT2D eigenvalue weighted by atomic mass is 16.5. The molecule has 0 aliphatic heterocycles. The molecule has 3 heteroatoms. The van der Waals surface area contributed by atoms with Crippen LogP contribution in [0, 0.1) is 12.8 Å². The average Bonchev–Trinajstić information content (AvgIpc) is 2.39. The van der Waals surface area contributed by atoms with Gasteiger partial charge in [0.05, 0.1) is 11.6 Å². The first-order chi connectivity index (χ1) is 9.11. The highest BCUT2D eigenvalue weighted by Crippen LogP contribution is 2.43. The number of aromatic nitrogens is 1. The lowest BCUT2D eigenvalue weighted by molar-refractivity contribution is -0.0791. The molecule has 1 aliphatic carbocycles. The summed E-state index contributed by atoms with van der Waals surface area (Å²) in [5.74, 6) is 0.724. The summed E-state index contributed by atoms with van der Waals surface area (Å²) in [6, 6.07) is 2.43. The van der Waals surface area contributed by atoms with Crippen molar-refractivity contribution in [3.05, 3.63) is 29.6 Å². The van der Waals surface area contributed by atoms with Crippen LogP contribution in [-0.2, 0) is 4.74 Å². The molecule has 0 spiro atoms. The SMILES string of the molecule is CNC(c1cncc(C)c1)C1(OC)CCCC(C)C1. The van der Waals surface area contributed by atoms with Gasteiger partial charge in [-0.2, -0.15) is 0 Å². The Balaban J connectivity index is 2.33. The zero-order valence-corrected chi connectivity index (χ0v) is 12.6. The average molecular weight is 262 g/mol. The van der Waals surface area contributed by atoms with Crippen molar-refractivity contribution in [2.24, 2.45) is 5.92 Å². The highest BCUT2D eigenvalue weighted by Gasteiger charge is 2.42. The van der Waals surface area contributed by atoms with Crippen LogP contribution in [0.3, 0.4) is 0 Å². The lowest BCUT2D eigenvalue weighted by Gasteiger charge is -2.44. The van der Waals surface area contributed by atoms with Crippen LogP contribution in [0.4, 0.5) is 0 Å². The Labute approximate surface area is 116 Å². The van der Waals surface area contributed by atoms with Crippen LogP contribution >= 0.6 is 0 Å². The molecule has 1 N–H and O–H groups in total. The van der Waals surface area contributed by atoms with E-state index in [0.717, 1.165) is 18.8 Å². The predicted molar refractivity (Wildman–Crippen MR) is 78.1 cm³/mol. The fraction of sp³-hybridized carbons (Fsp3) is 0.688. The molecule has 2 rings (SSSR count). The Morgan fingerprint density at radius 3 is 2.84 bits per heavy atom. The number of nitrogens with zero attached hydrogens (tertiary/aromatic N) is 1. The molecular weight excluding hydrogens is 236 g/mol. The van der Waals surface area contributed by atoms with Gasteiger partial charge in [-0.15, -0.1) is 0 Å². The fourth-order valence-corrected chi connectivity index (χ4v) is 3.58. The minimum atomic E-state index is -0.0953. The molecule has 1 heterocycles. The summed E-state index contributed by atoms with van der Waals surface area (Å²) in [5.41, 5.74) is 2.34. The number of ether oxygens (including phenoxy) is 1. The molecule has 1 fully saturated rings. The second-order valence-corrected chi connectivity index (χ2v) is 5.99. The first kappa shape index (κ1) is 14.5. The molecule has 3 nitrogen and oxygen atoms in total. The lowest BCUT2D eigenvalue weighted by Crippen LogP contribution is -2.47. The fourth-order valence-electron chi connectivity index (χ4n) is 3.58. The van der Waals surface area contributed by atoms with Crippen molar-refractivity contribution in [2.75, 3.05) is 14.2 Å². The second-order valence-electron chi connectivity index (χ2n) is 5.99. The van der Waals surface area contributed by atoms with Gasteiger partial charge in [0.1, 0.15) is 0 Å². The van der Waals surface area contributed by atoms with E-state index in [0.29, 0.717) is 0 Å². The monoisotopic (exact) mass is 262 g/mol. The van der Waals surface area contributed by atoms with Crippen LogP contribution in [0.1, 0.15) is 49.8 Å². The zero-order valence-electron chi connectivity index (χ0n) is 12.6. The molecule has 0 saturated heterocycles. The minimum Gasteiger partial charge on any atom is -0.376 e. The van der Waals surface area contributed by atoms with E-state index in [1.54, 1.807) is 0 Å². The number of hydrogen-bond acceptors (Lipinski definition) is 3. The predicted octanol–water partition coefficient (Wildman–Crippen LogP) is 3.25. The summed E-state index contributed by atoms with van der Waals surface area (Å²) in [6.07, 6.45) is 8.66. The molecule has 1 aliphatic rings. The molecular formula is C16H26N2O. The maximum absolute atomic E-state index is 6.01. The summed E-state index contributed by atoms with van der Waals surface area (Å²) >= 11 is 0. The Hall–Kier alpha value is -0.930. The van der Waals surface area contributed by atoms with Gasteiger partial charge in [-0.05, 0) is 43.9 Å². The first-order valence-electron chi connectivity index (χ1n) is 7.25. The van der Waals surface area contributed by atoms with Crippen LogP contribution in [0.5, 0.6) is 0 Å². The third kappa shape index (κ3) is 2.98. The van der Waals surface area contributed by atoms with Gasteiger partial charge in [0.25, 0.3) is 0 Å². The number of rotatable bonds is 4. The van der Waals surface area contributed by atoms with E-state index in [-0.39, 0.29) is 11.6 Å². The van der Waals surface area contributed by atoms with Gasteiger partial charge in [0.15, 0.2) is 0 Å². The highest BCUT2D eigenvalue weighted by molar-refractivity contribution is 5.23. The summed E-state index contributed by atoms with van der Waals surface area (Å²) in [5, 5.41) is 3.46. The van der Waals surface area contributed by atoms with Gasteiger partial charge >= 0.3 is 0 Å². The van der Waals surface area contributed by atoms with Crippen molar-refractivity contribution < 1.29 is 4.74 Å². The molecule has 0 radical (unpaired) electrons. The van der Waals surface area contributed by atoms with Gasteiger partial charge in [-0.1, -0.05) is 25.8 Å². The standard InChI is InChI=1S/C16H26N2O/c1-12-6-5-7-16(9-12,19-4)15(17-3)14-8-13(2)10-18-11-14/h8,10-12,15,17H,5-7,9H2,1-4H3. The van der Waals surface area contributed by atoms with Crippen molar-refractivity contribution in [1.82, 2.24) is 10.3 Å². The molecule has 106 valence electrons. The van der Waals surface area contributed by atoms with Crippen molar-refractivity contribution in [1.29, 1.82) is 0 Å². The number of aryl methyl sites for hydroxylation is 1. The van der Waals surface area contributed by atoms with Crippen molar-refractivity contribution >= 4 is 0 Å². The maximum atomic E-state index is 6.01. The number of pyridine rings is 1. The third-order valence-corrected chi connectivity index (χ3v) is 4.44.